The van der Waals surface area contributed by atoms with Gasteiger partial charge in [-0.25, -0.2) is 0 Å². The molecule has 0 aliphatic heterocycles. The Morgan fingerprint density at radius 3 is 2.14 bits per heavy atom. The first-order valence-corrected chi connectivity index (χ1v) is 6.95. The number of carbonyl (C=O) groups is 1. The minimum atomic E-state index is -0.216. The number of carbonyl (C=O) groups excluding carboxylic acids is 1. The highest BCUT2D eigenvalue weighted by atomic mass is 35.5. The lowest BCUT2D eigenvalue weighted by molar-refractivity contribution is 0.103. The van der Waals surface area contributed by atoms with Crippen molar-refractivity contribution in [3.8, 4) is 11.5 Å². The van der Waals surface area contributed by atoms with Crippen molar-refractivity contribution in [1.82, 2.24) is 0 Å². The highest BCUT2D eigenvalue weighted by Crippen LogP contribution is 2.34. The summed E-state index contributed by atoms with van der Waals surface area (Å²) in [6.45, 7) is 1.87. The number of hydrogen-bond donors (Lipinski definition) is 0. The number of ketones is 1. The third-order valence-corrected chi connectivity index (χ3v) is 3.55. The molecule has 0 atom stereocenters. The van der Waals surface area contributed by atoms with Gasteiger partial charge in [0.25, 0.3) is 0 Å². The number of methoxy groups -OCH3 is 2. The second kappa shape index (κ2) is 6.37. The van der Waals surface area contributed by atoms with E-state index in [-0.39, 0.29) is 5.78 Å². The third kappa shape index (κ3) is 3.31. The zero-order valence-corrected chi connectivity index (χ0v) is 13.4. The van der Waals surface area contributed by atoms with Crippen LogP contribution in [0.1, 0.15) is 21.5 Å². The summed E-state index contributed by atoms with van der Waals surface area (Å²) in [5.41, 5.74) is 1.73. The van der Waals surface area contributed by atoms with Crippen LogP contribution in [0.4, 0.5) is 0 Å². The quantitative estimate of drug-likeness (QED) is 0.774. The Labute approximate surface area is 133 Å². The van der Waals surface area contributed by atoms with Gasteiger partial charge >= 0.3 is 0 Å². The lowest BCUT2D eigenvalue weighted by Crippen LogP contribution is -2.04. The van der Waals surface area contributed by atoms with Crippen LogP contribution in [0, 0.1) is 6.92 Å². The van der Waals surface area contributed by atoms with Gasteiger partial charge in [-0.15, -0.1) is 0 Å². The summed E-state index contributed by atoms with van der Waals surface area (Å²) in [6.07, 6.45) is 0. The summed E-state index contributed by atoms with van der Waals surface area (Å²) in [7, 11) is 3.01. The van der Waals surface area contributed by atoms with E-state index >= 15 is 0 Å². The summed E-state index contributed by atoms with van der Waals surface area (Å²) in [6, 6.07) is 8.30. The van der Waals surface area contributed by atoms with Crippen molar-refractivity contribution in [2.75, 3.05) is 14.2 Å². The van der Waals surface area contributed by atoms with Gasteiger partial charge in [0.2, 0.25) is 0 Å². The lowest BCUT2D eigenvalue weighted by Gasteiger charge is -2.11. The second-order valence-corrected chi connectivity index (χ2v) is 5.38. The molecule has 21 heavy (non-hydrogen) atoms. The summed E-state index contributed by atoms with van der Waals surface area (Å²) >= 11 is 12.2. The van der Waals surface area contributed by atoms with Gasteiger partial charge in [0, 0.05) is 22.2 Å². The molecule has 0 radical (unpaired) electrons. The Kier molecular flexibility index (Phi) is 4.76. The molecule has 0 saturated carbocycles. The molecule has 0 N–H and O–H groups in total. The van der Waals surface area contributed by atoms with E-state index in [4.69, 9.17) is 32.7 Å². The summed E-state index contributed by atoms with van der Waals surface area (Å²) in [5, 5.41) is 0.810. The van der Waals surface area contributed by atoms with Gasteiger partial charge in [-0.05, 0) is 36.8 Å². The highest BCUT2D eigenvalue weighted by Gasteiger charge is 2.18. The Bertz CT molecular complexity index is 676. The SMILES string of the molecule is COc1cc(Cl)c(C(=O)c2cc(C)cc(Cl)c2)cc1OC. The first-order valence-electron chi connectivity index (χ1n) is 6.19. The van der Waals surface area contributed by atoms with Gasteiger partial charge < -0.3 is 9.47 Å². The predicted molar refractivity (Wildman–Crippen MR) is 84.2 cm³/mol. The number of benzene rings is 2. The molecule has 110 valence electrons. The molecule has 0 bridgehead atoms. The third-order valence-electron chi connectivity index (χ3n) is 3.02. The van der Waals surface area contributed by atoms with E-state index in [1.54, 1.807) is 30.3 Å². The van der Waals surface area contributed by atoms with Crippen molar-refractivity contribution in [3.05, 3.63) is 57.1 Å². The van der Waals surface area contributed by atoms with Crippen LogP contribution in [0.25, 0.3) is 0 Å². The van der Waals surface area contributed by atoms with Gasteiger partial charge in [0.1, 0.15) is 0 Å². The molecule has 0 fully saturated rings. The molecule has 0 saturated heterocycles. The predicted octanol–water partition coefficient (Wildman–Crippen LogP) is 4.55. The lowest BCUT2D eigenvalue weighted by atomic mass is 10.0. The minimum absolute atomic E-state index is 0.216. The van der Waals surface area contributed by atoms with E-state index in [0.29, 0.717) is 32.7 Å². The summed E-state index contributed by atoms with van der Waals surface area (Å²) < 4.78 is 10.4. The molecule has 0 aliphatic carbocycles. The molecule has 0 spiro atoms. The smallest absolute Gasteiger partial charge is 0.194 e. The Hall–Kier alpha value is -1.71. The molecule has 0 aromatic heterocycles. The largest absolute Gasteiger partial charge is 0.493 e. The van der Waals surface area contributed by atoms with Crippen LogP contribution >= 0.6 is 23.2 Å². The van der Waals surface area contributed by atoms with Crippen molar-refractivity contribution in [3.63, 3.8) is 0 Å². The number of ether oxygens (including phenoxy) is 2. The monoisotopic (exact) mass is 324 g/mol. The zero-order chi connectivity index (χ0) is 15.6. The number of halogens is 2. The van der Waals surface area contributed by atoms with Crippen molar-refractivity contribution >= 4 is 29.0 Å². The van der Waals surface area contributed by atoms with Crippen molar-refractivity contribution < 1.29 is 14.3 Å². The molecule has 2 rings (SSSR count). The average molecular weight is 325 g/mol. The van der Waals surface area contributed by atoms with Crippen LogP contribution in [-0.2, 0) is 0 Å². The standard InChI is InChI=1S/C16H14Cl2O3/c1-9-4-10(6-11(17)5-9)16(19)12-7-14(20-2)15(21-3)8-13(12)18/h4-8H,1-3H3. The zero-order valence-electron chi connectivity index (χ0n) is 11.9. The van der Waals surface area contributed by atoms with Gasteiger partial charge in [0.05, 0.1) is 19.2 Å². The van der Waals surface area contributed by atoms with E-state index in [1.165, 1.54) is 14.2 Å². The van der Waals surface area contributed by atoms with E-state index in [9.17, 15) is 4.79 Å². The van der Waals surface area contributed by atoms with E-state index < -0.39 is 0 Å². The van der Waals surface area contributed by atoms with Crippen LogP contribution in [0.3, 0.4) is 0 Å². The summed E-state index contributed by atoms with van der Waals surface area (Å²) in [4.78, 5) is 12.6. The van der Waals surface area contributed by atoms with Crippen LogP contribution in [0.5, 0.6) is 11.5 Å². The van der Waals surface area contributed by atoms with Crippen molar-refractivity contribution in [1.29, 1.82) is 0 Å². The van der Waals surface area contributed by atoms with Gasteiger partial charge in [-0.3, -0.25) is 4.79 Å². The molecular formula is C16H14Cl2O3. The number of hydrogen-bond acceptors (Lipinski definition) is 3. The number of rotatable bonds is 4. The van der Waals surface area contributed by atoms with Gasteiger partial charge in [-0.1, -0.05) is 23.2 Å². The minimum Gasteiger partial charge on any atom is -0.493 e. The van der Waals surface area contributed by atoms with Crippen LogP contribution in [0.2, 0.25) is 10.0 Å². The molecular weight excluding hydrogens is 311 g/mol. The first kappa shape index (κ1) is 15.7. The highest BCUT2D eigenvalue weighted by molar-refractivity contribution is 6.35. The first-order chi connectivity index (χ1) is 9.96. The molecule has 0 aliphatic rings. The maximum Gasteiger partial charge on any atom is 0.194 e. The van der Waals surface area contributed by atoms with Crippen LogP contribution in [0.15, 0.2) is 30.3 Å². The van der Waals surface area contributed by atoms with E-state index in [2.05, 4.69) is 0 Å². The maximum absolute atomic E-state index is 12.6. The van der Waals surface area contributed by atoms with Crippen molar-refractivity contribution in [2.45, 2.75) is 6.92 Å². The molecule has 2 aromatic rings. The Morgan fingerprint density at radius 2 is 1.57 bits per heavy atom. The normalized spacial score (nSPS) is 10.3. The van der Waals surface area contributed by atoms with Gasteiger partial charge in [-0.2, -0.15) is 0 Å². The van der Waals surface area contributed by atoms with E-state index in [1.807, 2.05) is 6.92 Å². The fraction of sp³-hybridized carbons (Fsp3) is 0.188. The molecule has 5 heteroatoms. The topological polar surface area (TPSA) is 35.5 Å². The molecule has 2 aromatic carbocycles. The molecule has 3 nitrogen and oxygen atoms in total. The van der Waals surface area contributed by atoms with Crippen molar-refractivity contribution in [2.24, 2.45) is 0 Å². The second-order valence-electron chi connectivity index (χ2n) is 4.53. The fourth-order valence-electron chi connectivity index (χ4n) is 2.05. The Balaban J connectivity index is 2.52. The molecule has 0 amide bonds. The van der Waals surface area contributed by atoms with Crippen LogP contribution in [-0.4, -0.2) is 20.0 Å². The average Bonchev–Trinajstić information content (AvgIpc) is 2.45. The fourth-order valence-corrected chi connectivity index (χ4v) is 2.58. The summed E-state index contributed by atoms with van der Waals surface area (Å²) in [5.74, 6) is 0.705. The Morgan fingerprint density at radius 1 is 0.952 bits per heavy atom. The maximum atomic E-state index is 12.6. The molecule has 0 heterocycles. The van der Waals surface area contributed by atoms with Crippen LogP contribution < -0.4 is 9.47 Å². The van der Waals surface area contributed by atoms with E-state index in [0.717, 1.165) is 5.56 Å². The molecule has 0 unspecified atom stereocenters. The number of aryl methyl sites for hydroxylation is 1. The van der Waals surface area contributed by atoms with Gasteiger partial charge in [0.15, 0.2) is 17.3 Å².